The average Bonchev–Trinajstić information content (AvgIpc) is 2.37. The van der Waals surface area contributed by atoms with E-state index in [4.69, 9.17) is 5.73 Å². The molecule has 0 radical (unpaired) electrons. The Hall–Kier alpha value is -1.80. The van der Waals surface area contributed by atoms with E-state index in [9.17, 15) is 0 Å². The number of anilines is 1. The second-order valence-corrected chi connectivity index (χ2v) is 10.9. The van der Waals surface area contributed by atoms with Crippen molar-refractivity contribution < 1.29 is 0 Å². The van der Waals surface area contributed by atoms with Crippen LogP contribution in [0.3, 0.4) is 0 Å². The van der Waals surface area contributed by atoms with E-state index < -0.39 is 8.07 Å². The van der Waals surface area contributed by atoms with Crippen LogP contribution < -0.4 is 5.73 Å². The zero-order valence-corrected chi connectivity index (χ0v) is 12.9. The van der Waals surface area contributed by atoms with Gasteiger partial charge in [0.2, 0.25) is 0 Å². The third-order valence-electron chi connectivity index (χ3n) is 3.14. The molecule has 0 spiro atoms. The van der Waals surface area contributed by atoms with E-state index in [1.807, 2.05) is 12.1 Å². The third-order valence-corrected chi connectivity index (χ3v) is 5.19. The van der Waals surface area contributed by atoms with E-state index in [-0.39, 0.29) is 0 Å². The maximum atomic E-state index is 5.74. The lowest BCUT2D eigenvalue weighted by atomic mass is 10.1. The largest absolute Gasteiger partial charge is 0.399 e. The molecule has 0 atom stereocenters. The van der Waals surface area contributed by atoms with Gasteiger partial charge < -0.3 is 5.73 Å². The number of hydrogen-bond acceptors (Lipinski definition) is 1. The Balaban J connectivity index is 2.47. The first-order valence-electron chi connectivity index (χ1n) is 6.60. The molecule has 0 saturated heterocycles. The molecule has 0 aliphatic carbocycles. The minimum atomic E-state index is -1.39. The Labute approximate surface area is 116 Å². The Kier molecular flexibility index (Phi) is 3.91. The van der Waals surface area contributed by atoms with Gasteiger partial charge in [0, 0.05) is 5.69 Å². The lowest BCUT2D eigenvalue weighted by Gasteiger charge is -2.21. The van der Waals surface area contributed by atoms with E-state index in [0.29, 0.717) is 0 Å². The molecule has 1 nitrogen and oxygen atoms in total. The predicted molar refractivity (Wildman–Crippen MR) is 88.5 cm³/mol. The van der Waals surface area contributed by atoms with E-state index in [0.717, 1.165) is 5.69 Å². The van der Waals surface area contributed by atoms with Gasteiger partial charge in [0.25, 0.3) is 0 Å². The van der Waals surface area contributed by atoms with Crippen LogP contribution in [0.4, 0.5) is 5.69 Å². The smallest absolute Gasteiger partial charge is 0.0784 e. The highest BCUT2D eigenvalue weighted by molar-refractivity contribution is 6.94. The number of nitrogens with two attached hydrogens (primary N) is 1. The summed E-state index contributed by atoms with van der Waals surface area (Å²) in [6.45, 7) is 7.13. The van der Waals surface area contributed by atoms with E-state index in [2.05, 4.69) is 68.2 Å². The van der Waals surface area contributed by atoms with Gasteiger partial charge in [0.15, 0.2) is 0 Å². The van der Waals surface area contributed by atoms with Crippen molar-refractivity contribution in [2.75, 3.05) is 5.73 Å². The minimum Gasteiger partial charge on any atom is -0.399 e. The molecular formula is C17H21NSi. The van der Waals surface area contributed by atoms with Crippen LogP contribution in [0.25, 0.3) is 11.3 Å². The van der Waals surface area contributed by atoms with Gasteiger partial charge in [0.1, 0.15) is 0 Å². The van der Waals surface area contributed by atoms with Crippen LogP contribution in [0.2, 0.25) is 19.6 Å². The van der Waals surface area contributed by atoms with Gasteiger partial charge in [-0.15, -0.1) is 0 Å². The molecule has 0 heterocycles. The molecule has 0 bridgehead atoms. The zero-order chi connectivity index (χ0) is 13.9. The van der Waals surface area contributed by atoms with Crippen molar-refractivity contribution in [3.63, 3.8) is 0 Å². The van der Waals surface area contributed by atoms with Crippen LogP contribution in [0.15, 0.2) is 54.6 Å². The van der Waals surface area contributed by atoms with Crippen molar-refractivity contribution in [2.24, 2.45) is 0 Å². The summed E-state index contributed by atoms with van der Waals surface area (Å²) in [6, 6.07) is 18.7. The highest BCUT2D eigenvalue weighted by atomic mass is 28.3. The molecule has 0 unspecified atom stereocenters. The van der Waals surface area contributed by atoms with E-state index in [1.165, 1.54) is 16.3 Å². The van der Waals surface area contributed by atoms with Crippen molar-refractivity contribution in [1.29, 1.82) is 0 Å². The van der Waals surface area contributed by atoms with Gasteiger partial charge in [-0.05, 0) is 23.3 Å². The van der Waals surface area contributed by atoms with Gasteiger partial charge in [-0.1, -0.05) is 73.4 Å². The Morgan fingerprint density at radius 1 is 0.895 bits per heavy atom. The van der Waals surface area contributed by atoms with Crippen molar-refractivity contribution in [1.82, 2.24) is 0 Å². The van der Waals surface area contributed by atoms with Crippen LogP contribution in [-0.4, -0.2) is 8.07 Å². The van der Waals surface area contributed by atoms with E-state index in [1.54, 1.807) is 0 Å². The Bertz CT molecular complexity index is 562. The second-order valence-electron chi connectivity index (χ2n) is 5.84. The van der Waals surface area contributed by atoms with Gasteiger partial charge in [-0.2, -0.15) is 0 Å². The molecule has 0 aliphatic heterocycles. The summed E-state index contributed by atoms with van der Waals surface area (Å²) in [5.41, 5.74) is 9.10. The predicted octanol–water partition coefficient (Wildman–Crippen LogP) is 4.69. The van der Waals surface area contributed by atoms with Gasteiger partial charge in [-0.3, -0.25) is 0 Å². The summed E-state index contributed by atoms with van der Waals surface area (Å²) in [7, 11) is -1.39. The molecular weight excluding hydrogens is 246 g/mol. The van der Waals surface area contributed by atoms with Gasteiger partial charge in [0.05, 0.1) is 8.07 Å². The molecule has 98 valence electrons. The summed E-state index contributed by atoms with van der Waals surface area (Å²) >= 11 is 0. The topological polar surface area (TPSA) is 26.0 Å². The number of rotatable bonds is 3. The number of benzene rings is 2. The number of nitrogen functional groups attached to an aromatic ring is 1. The molecule has 2 heteroatoms. The fourth-order valence-electron chi connectivity index (χ4n) is 2.11. The first-order chi connectivity index (χ1) is 8.97. The highest BCUT2D eigenvalue weighted by Gasteiger charge is 2.20. The van der Waals surface area contributed by atoms with Crippen LogP contribution in [0.5, 0.6) is 0 Å². The van der Waals surface area contributed by atoms with Crippen LogP contribution in [0, 0.1) is 0 Å². The zero-order valence-electron chi connectivity index (χ0n) is 11.9. The maximum absolute atomic E-state index is 5.74. The SMILES string of the molecule is C[Si](C)(C)C(=Cc1ccc(N)cc1)c1ccccc1. The molecule has 2 rings (SSSR count). The molecule has 2 N–H and O–H groups in total. The molecule has 2 aromatic rings. The minimum absolute atomic E-state index is 0.811. The lowest BCUT2D eigenvalue weighted by molar-refractivity contribution is 1.61. The normalized spacial score (nSPS) is 12.5. The molecule has 0 amide bonds. The van der Waals surface area contributed by atoms with Crippen molar-refractivity contribution in [2.45, 2.75) is 19.6 Å². The molecule has 0 aliphatic rings. The number of hydrogen-bond donors (Lipinski definition) is 1. The first-order valence-corrected chi connectivity index (χ1v) is 10.1. The fourth-order valence-corrected chi connectivity index (χ4v) is 3.74. The monoisotopic (exact) mass is 267 g/mol. The molecule has 0 saturated carbocycles. The summed E-state index contributed by atoms with van der Waals surface area (Å²) in [5.74, 6) is 0. The Morgan fingerprint density at radius 3 is 2.00 bits per heavy atom. The Morgan fingerprint density at radius 2 is 1.47 bits per heavy atom. The summed E-state index contributed by atoms with van der Waals surface area (Å²) in [5, 5.41) is 1.47. The van der Waals surface area contributed by atoms with Crippen LogP contribution in [-0.2, 0) is 0 Å². The molecule has 2 aromatic carbocycles. The molecule has 19 heavy (non-hydrogen) atoms. The lowest BCUT2D eigenvalue weighted by Crippen LogP contribution is -2.22. The quantitative estimate of drug-likeness (QED) is 0.487. The van der Waals surface area contributed by atoms with Gasteiger partial charge in [-0.25, -0.2) is 0 Å². The second kappa shape index (κ2) is 5.45. The average molecular weight is 267 g/mol. The first kappa shape index (κ1) is 13.6. The summed E-state index contributed by atoms with van der Waals surface area (Å²) < 4.78 is 0. The summed E-state index contributed by atoms with van der Waals surface area (Å²) in [6.07, 6.45) is 2.31. The molecule has 0 aromatic heterocycles. The summed E-state index contributed by atoms with van der Waals surface area (Å²) in [4.78, 5) is 0. The van der Waals surface area contributed by atoms with Gasteiger partial charge >= 0.3 is 0 Å². The van der Waals surface area contributed by atoms with Crippen molar-refractivity contribution >= 4 is 25.0 Å². The van der Waals surface area contributed by atoms with Crippen LogP contribution in [0.1, 0.15) is 11.1 Å². The maximum Gasteiger partial charge on any atom is 0.0784 e. The highest BCUT2D eigenvalue weighted by Crippen LogP contribution is 2.28. The third kappa shape index (κ3) is 3.58. The van der Waals surface area contributed by atoms with Crippen molar-refractivity contribution in [3.05, 3.63) is 65.7 Å². The fraction of sp³-hybridized carbons (Fsp3) is 0.176. The molecule has 0 fully saturated rings. The van der Waals surface area contributed by atoms with E-state index >= 15 is 0 Å². The standard InChI is InChI=1S/C17H21NSi/c1-19(2,3)17(15-7-5-4-6-8-15)13-14-9-11-16(18)12-10-14/h4-13H,18H2,1-3H3. The van der Waals surface area contributed by atoms with Crippen LogP contribution >= 0.6 is 0 Å². The van der Waals surface area contributed by atoms with Crippen molar-refractivity contribution in [3.8, 4) is 0 Å².